The molecule has 0 aromatic heterocycles. The van der Waals surface area contributed by atoms with Crippen LogP contribution in [0.5, 0.6) is 5.75 Å². The summed E-state index contributed by atoms with van der Waals surface area (Å²) in [6.07, 6.45) is 2.39. The second kappa shape index (κ2) is 9.75. The maximum Gasteiger partial charge on any atom is 0.270 e. The minimum Gasteiger partial charge on any atom is -0.489 e. The van der Waals surface area contributed by atoms with Crippen LogP contribution < -0.4 is 15.0 Å². The van der Waals surface area contributed by atoms with Gasteiger partial charge in [0.05, 0.1) is 5.69 Å². The number of thiocarbonyl (C=S) groups is 1. The van der Waals surface area contributed by atoms with Crippen LogP contribution in [0.2, 0.25) is 0 Å². The Morgan fingerprint density at radius 3 is 2.39 bits per heavy atom. The lowest BCUT2D eigenvalue weighted by Gasteiger charge is -2.29. The van der Waals surface area contributed by atoms with E-state index in [0.29, 0.717) is 22.6 Å². The molecule has 2 amide bonds. The number of aryl methyl sites for hydroxylation is 1. The van der Waals surface area contributed by atoms with E-state index in [0.717, 1.165) is 12.0 Å². The van der Waals surface area contributed by atoms with E-state index in [2.05, 4.69) is 5.32 Å². The highest BCUT2D eigenvalue weighted by molar-refractivity contribution is 7.80. The summed E-state index contributed by atoms with van der Waals surface area (Å²) in [4.78, 5) is 26.9. The monoisotopic (exact) mass is 460 g/mol. The summed E-state index contributed by atoms with van der Waals surface area (Å²) in [5, 5.41) is 2.63. The number of nitrogens with one attached hydrogen (secondary N) is 1. The molecule has 33 heavy (non-hydrogen) atoms. The number of carbonyl (C=O) groups excluding carboxylic acids is 2. The second-order valence-electron chi connectivity index (χ2n) is 7.47. The van der Waals surface area contributed by atoms with E-state index in [1.165, 1.54) is 23.1 Å². The van der Waals surface area contributed by atoms with Gasteiger partial charge in [-0.25, -0.2) is 4.39 Å². The van der Waals surface area contributed by atoms with Crippen LogP contribution in [0.1, 0.15) is 23.6 Å². The summed E-state index contributed by atoms with van der Waals surface area (Å²) < 4.78 is 19.0. The van der Waals surface area contributed by atoms with E-state index >= 15 is 0 Å². The van der Waals surface area contributed by atoms with Crippen LogP contribution in [0.3, 0.4) is 0 Å². The van der Waals surface area contributed by atoms with Crippen molar-refractivity contribution in [2.45, 2.75) is 20.0 Å². The molecule has 0 saturated carbocycles. The molecule has 0 radical (unpaired) electrons. The Morgan fingerprint density at radius 1 is 1.00 bits per heavy atom. The molecule has 1 saturated heterocycles. The fourth-order valence-corrected chi connectivity index (χ4v) is 3.67. The van der Waals surface area contributed by atoms with Gasteiger partial charge in [0, 0.05) is 0 Å². The fraction of sp³-hybridized carbons (Fsp3) is 0.115. The molecule has 7 heteroatoms. The smallest absolute Gasteiger partial charge is 0.270 e. The molecule has 0 atom stereocenters. The van der Waals surface area contributed by atoms with Crippen molar-refractivity contribution < 1.29 is 18.7 Å². The lowest BCUT2D eigenvalue weighted by atomic mass is 10.1. The Morgan fingerprint density at radius 2 is 1.73 bits per heavy atom. The average Bonchev–Trinajstić information content (AvgIpc) is 2.81. The standard InChI is InChI=1S/C26H21FN2O3S/c1-2-17-6-10-21(11-7-17)29-25(31)23(24(30)28-26(29)33)15-18-8-12-22(13-9-18)32-16-19-4-3-5-20(27)14-19/h3-15H,2,16H2,1H3,(H,28,30,33)/b23-15+. The molecule has 5 nitrogen and oxygen atoms in total. The van der Waals surface area contributed by atoms with E-state index in [4.69, 9.17) is 17.0 Å². The minimum absolute atomic E-state index is 0.0170. The van der Waals surface area contributed by atoms with E-state index in [-0.39, 0.29) is 23.1 Å². The molecule has 1 aliphatic heterocycles. The highest BCUT2D eigenvalue weighted by atomic mass is 32.1. The van der Waals surface area contributed by atoms with Crippen molar-refractivity contribution in [1.29, 1.82) is 0 Å². The first-order valence-corrected chi connectivity index (χ1v) is 10.8. The van der Waals surface area contributed by atoms with Gasteiger partial charge in [-0.15, -0.1) is 0 Å². The molecule has 166 valence electrons. The second-order valence-corrected chi connectivity index (χ2v) is 7.85. The van der Waals surface area contributed by atoms with Gasteiger partial charge >= 0.3 is 0 Å². The van der Waals surface area contributed by atoms with Gasteiger partial charge < -0.3 is 4.74 Å². The van der Waals surface area contributed by atoms with Gasteiger partial charge in [0.25, 0.3) is 11.8 Å². The Balaban J connectivity index is 1.51. The zero-order valence-electron chi connectivity index (χ0n) is 17.9. The van der Waals surface area contributed by atoms with E-state index < -0.39 is 11.8 Å². The predicted molar refractivity (Wildman–Crippen MR) is 129 cm³/mol. The first kappa shape index (κ1) is 22.4. The lowest BCUT2D eigenvalue weighted by molar-refractivity contribution is -0.122. The maximum absolute atomic E-state index is 13.3. The molecule has 1 aliphatic rings. The van der Waals surface area contributed by atoms with Crippen molar-refractivity contribution in [2.75, 3.05) is 4.90 Å². The van der Waals surface area contributed by atoms with Crippen LogP contribution in [0.4, 0.5) is 10.1 Å². The lowest BCUT2D eigenvalue weighted by Crippen LogP contribution is -2.54. The first-order valence-electron chi connectivity index (χ1n) is 10.4. The van der Waals surface area contributed by atoms with Gasteiger partial charge in [-0.1, -0.05) is 43.3 Å². The van der Waals surface area contributed by atoms with Gasteiger partial charge in [-0.2, -0.15) is 0 Å². The molecule has 3 aromatic carbocycles. The molecule has 1 fully saturated rings. The fourth-order valence-electron chi connectivity index (χ4n) is 3.39. The Bertz CT molecular complexity index is 1240. The largest absolute Gasteiger partial charge is 0.489 e. The summed E-state index contributed by atoms with van der Waals surface area (Å²) in [5.41, 5.74) is 3.08. The van der Waals surface area contributed by atoms with Gasteiger partial charge in [0.2, 0.25) is 0 Å². The summed E-state index contributed by atoms with van der Waals surface area (Å²) in [7, 11) is 0. The third-order valence-corrected chi connectivity index (χ3v) is 5.47. The summed E-state index contributed by atoms with van der Waals surface area (Å²) in [6, 6.07) is 20.6. The van der Waals surface area contributed by atoms with E-state index in [1.807, 2.05) is 31.2 Å². The molecule has 0 spiro atoms. The van der Waals surface area contributed by atoms with Crippen LogP contribution in [0.25, 0.3) is 6.08 Å². The number of benzene rings is 3. The number of hydrogen-bond donors (Lipinski definition) is 1. The zero-order chi connectivity index (χ0) is 23.4. The molecule has 4 rings (SSSR count). The van der Waals surface area contributed by atoms with Crippen molar-refractivity contribution in [2.24, 2.45) is 0 Å². The van der Waals surface area contributed by atoms with Gasteiger partial charge in [0.15, 0.2) is 5.11 Å². The predicted octanol–water partition coefficient (Wildman–Crippen LogP) is 4.80. The number of carbonyl (C=O) groups is 2. The molecule has 1 heterocycles. The number of ether oxygens (including phenoxy) is 1. The number of halogens is 1. The van der Waals surface area contributed by atoms with Gasteiger partial charge in [-0.3, -0.25) is 19.8 Å². The molecular formula is C26H21FN2O3S. The van der Waals surface area contributed by atoms with Gasteiger partial charge in [-0.05, 0) is 77.8 Å². The van der Waals surface area contributed by atoms with Crippen molar-refractivity contribution in [1.82, 2.24) is 5.32 Å². The maximum atomic E-state index is 13.3. The Labute approximate surface area is 196 Å². The molecule has 0 unspecified atom stereocenters. The number of hydrogen-bond acceptors (Lipinski definition) is 4. The van der Waals surface area contributed by atoms with E-state index in [1.54, 1.807) is 36.4 Å². The normalized spacial score (nSPS) is 15.0. The topological polar surface area (TPSA) is 58.6 Å². The molecule has 0 bridgehead atoms. The SMILES string of the molecule is CCc1ccc(N2C(=O)/C(=C/c3ccc(OCc4cccc(F)c4)cc3)C(=O)NC2=S)cc1. The average molecular weight is 461 g/mol. The Kier molecular flexibility index (Phi) is 6.60. The number of rotatable bonds is 6. The Hall–Kier alpha value is -3.84. The number of nitrogens with zero attached hydrogens (tertiary/aromatic N) is 1. The minimum atomic E-state index is -0.544. The van der Waals surface area contributed by atoms with Crippen molar-refractivity contribution in [3.63, 3.8) is 0 Å². The molecule has 1 N–H and O–H groups in total. The van der Waals surface area contributed by atoms with E-state index in [9.17, 15) is 14.0 Å². The zero-order valence-corrected chi connectivity index (χ0v) is 18.7. The quantitative estimate of drug-likeness (QED) is 0.326. The van der Waals surface area contributed by atoms with Crippen molar-refractivity contribution in [3.05, 3.63) is 101 Å². The van der Waals surface area contributed by atoms with Crippen LogP contribution in [0.15, 0.2) is 78.4 Å². The van der Waals surface area contributed by atoms with Crippen LogP contribution in [0, 0.1) is 5.82 Å². The number of anilines is 1. The summed E-state index contributed by atoms with van der Waals surface area (Å²) >= 11 is 5.24. The van der Waals surface area contributed by atoms with Crippen molar-refractivity contribution in [3.8, 4) is 5.75 Å². The summed E-state index contributed by atoms with van der Waals surface area (Å²) in [5.74, 6) is -0.764. The van der Waals surface area contributed by atoms with Gasteiger partial charge in [0.1, 0.15) is 23.7 Å². The van der Waals surface area contributed by atoms with Crippen LogP contribution in [-0.4, -0.2) is 16.9 Å². The van der Waals surface area contributed by atoms with Crippen LogP contribution >= 0.6 is 12.2 Å². The third-order valence-electron chi connectivity index (χ3n) is 5.19. The van der Waals surface area contributed by atoms with Crippen molar-refractivity contribution >= 4 is 40.9 Å². The molecule has 3 aromatic rings. The highest BCUT2D eigenvalue weighted by Crippen LogP contribution is 2.23. The van der Waals surface area contributed by atoms with Crippen LogP contribution in [-0.2, 0) is 22.6 Å². The molecule has 0 aliphatic carbocycles. The highest BCUT2D eigenvalue weighted by Gasteiger charge is 2.34. The third kappa shape index (κ3) is 5.15. The first-order chi connectivity index (χ1) is 15.9. The number of amides is 2. The molecular weight excluding hydrogens is 439 g/mol. The summed E-state index contributed by atoms with van der Waals surface area (Å²) in [6.45, 7) is 2.27.